The first-order chi connectivity index (χ1) is 12.9. The molecule has 2 heterocycles. The van der Waals surface area contributed by atoms with Crippen LogP contribution in [0.5, 0.6) is 0 Å². The Kier molecular flexibility index (Phi) is 4.81. The molecule has 1 aromatic rings. The predicted octanol–water partition coefficient (Wildman–Crippen LogP) is 1.57. The normalized spacial score (nSPS) is 28.1. The van der Waals surface area contributed by atoms with Gasteiger partial charge >= 0.3 is 0 Å². The van der Waals surface area contributed by atoms with Gasteiger partial charge in [-0.1, -0.05) is 43.2 Å². The zero-order chi connectivity index (χ0) is 19.2. The number of amides is 1. The zero-order valence-corrected chi connectivity index (χ0v) is 16.6. The molecule has 2 saturated heterocycles. The van der Waals surface area contributed by atoms with E-state index < -0.39 is 15.6 Å². The van der Waals surface area contributed by atoms with Gasteiger partial charge in [0.2, 0.25) is 15.9 Å². The number of nitrogens with zero attached hydrogens (tertiary/aromatic N) is 2. The number of aliphatic hydroxyl groups is 1. The van der Waals surface area contributed by atoms with Gasteiger partial charge in [-0.05, 0) is 25.3 Å². The van der Waals surface area contributed by atoms with Crippen molar-refractivity contribution in [2.24, 2.45) is 5.92 Å². The summed E-state index contributed by atoms with van der Waals surface area (Å²) in [4.78, 5) is 15.1. The third-order valence-corrected chi connectivity index (χ3v) is 8.50. The summed E-state index contributed by atoms with van der Waals surface area (Å²) in [5.41, 5.74) is 0.553. The van der Waals surface area contributed by atoms with Crippen molar-refractivity contribution in [3.63, 3.8) is 0 Å². The van der Waals surface area contributed by atoms with Gasteiger partial charge in [0, 0.05) is 24.9 Å². The fourth-order valence-electron chi connectivity index (χ4n) is 5.33. The summed E-state index contributed by atoms with van der Waals surface area (Å²) < 4.78 is 26.1. The monoisotopic (exact) mass is 392 g/mol. The number of carbonyl (C=O) groups is 1. The molecular weight excluding hydrogens is 364 g/mol. The van der Waals surface area contributed by atoms with E-state index >= 15 is 0 Å². The Labute approximate surface area is 161 Å². The van der Waals surface area contributed by atoms with E-state index in [2.05, 4.69) is 0 Å². The van der Waals surface area contributed by atoms with Gasteiger partial charge in [-0.25, -0.2) is 8.42 Å². The minimum atomic E-state index is -3.27. The van der Waals surface area contributed by atoms with Crippen molar-refractivity contribution in [1.29, 1.82) is 0 Å². The van der Waals surface area contributed by atoms with Crippen LogP contribution in [0.2, 0.25) is 0 Å². The summed E-state index contributed by atoms with van der Waals surface area (Å²) in [6.07, 6.45) is 3.94. The van der Waals surface area contributed by atoms with Crippen LogP contribution in [0.25, 0.3) is 0 Å². The van der Waals surface area contributed by atoms with Gasteiger partial charge in [0.25, 0.3) is 0 Å². The highest BCUT2D eigenvalue weighted by molar-refractivity contribution is 7.89. The van der Waals surface area contributed by atoms with Crippen molar-refractivity contribution in [3.05, 3.63) is 35.9 Å². The first-order valence-corrected chi connectivity index (χ1v) is 11.5. The van der Waals surface area contributed by atoms with E-state index in [4.69, 9.17) is 0 Å². The molecule has 6 nitrogen and oxygen atoms in total. The maximum atomic E-state index is 13.3. The number of hydrogen-bond acceptors (Lipinski definition) is 4. The van der Waals surface area contributed by atoms with Gasteiger partial charge in [-0.3, -0.25) is 4.79 Å². The molecule has 0 radical (unpaired) electrons. The maximum Gasteiger partial charge on any atom is 0.226 e. The van der Waals surface area contributed by atoms with Gasteiger partial charge in [-0.2, -0.15) is 4.31 Å². The number of likely N-dealkylation sites (tertiary alicyclic amines) is 1. The SMILES string of the molecule is CCS(=O)(=O)N1CC2(C1)[C@@H](c1ccccc1)[C@H](CO)N2C(=O)C1CCCC1. The molecule has 0 aromatic heterocycles. The van der Waals surface area contributed by atoms with Crippen LogP contribution < -0.4 is 0 Å². The second-order valence-electron chi connectivity index (χ2n) is 8.10. The van der Waals surface area contributed by atoms with E-state index in [-0.39, 0.29) is 36.1 Å². The van der Waals surface area contributed by atoms with Crippen LogP contribution in [-0.4, -0.2) is 65.7 Å². The molecule has 1 aromatic carbocycles. The van der Waals surface area contributed by atoms with Crippen LogP contribution in [-0.2, 0) is 14.8 Å². The number of sulfonamides is 1. The first-order valence-electron chi connectivity index (χ1n) is 9.91. The van der Waals surface area contributed by atoms with Crippen LogP contribution in [0.4, 0.5) is 0 Å². The average Bonchev–Trinajstić information content (AvgIpc) is 3.15. The summed E-state index contributed by atoms with van der Waals surface area (Å²) >= 11 is 0. The highest BCUT2D eigenvalue weighted by Gasteiger charge is 2.69. The minimum absolute atomic E-state index is 0.0180. The lowest BCUT2D eigenvalue weighted by Crippen LogP contribution is -2.86. The molecule has 0 bridgehead atoms. The molecule has 2 aliphatic heterocycles. The fraction of sp³-hybridized carbons (Fsp3) is 0.650. The highest BCUT2D eigenvalue weighted by Crippen LogP contribution is 2.55. The van der Waals surface area contributed by atoms with Gasteiger partial charge in [-0.15, -0.1) is 0 Å². The van der Waals surface area contributed by atoms with Crippen molar-refractivity contribution >= 4 is 15.9 Å². The Balaban J connectivity index is 1.67. The Morgan fingerprint density at radius 1 is 1.19 bits per heavy atom. The summed E-state index contributed by atoms with van der Waals surface area (Å²) in [5, 5.41) is 10.1. The number of aliphatic hydroxyl groups excluding tert-OH is 1. The lowest BCUT2D eigenvalue weighted by molar-refractivity contribution is -0.192. The standard InChI is InChI=1S/C20H28N2O4S/c1-2-27(25,26)21-13-20(14-21)18(15-8-4-3-5-9-15)17(12-23)22(20)19(24)16-10-6-7-11-16/h3-5,8-9,16-18,23H,2,6-7,10-14H2,1H3/t17-,18-/m0/s1. The largest absolute Gasteiger partial charge is 0.394 e. The third-order valence-electron chi connectivity index (χ3n) is 6.72. The summed E-state index contributed by atoms with van der Waals surface area (Å²) in [6.45, 7) is 2.21. The van der Waals surface area contributed by atoms with Crippen LogP contribution in [0.1, 0.15) is 44.1 Å². The Morgan fingerprint density at radius 3 is 2.37 bits per heavy atom. The average molecular weight is 393 g/mol. The van der Waals surface area contributed by atoms with Crippen molar-refractivity contribution in [1.82, 2.24) is 9.21 Å². The molecule has 0 unspecified atom stereocenters. The lowest BCUT2D eigenvalue weighted by atomic mass is 9.61. The Hall–Kier alpha value is -1.44. The molecule has 2 atom stereocenters. The lowest BCUT2D eigenvalue weighted by Gasteiger charge is -2.70. The molecule has 1 spiro atoms. The molecule has 27 heavy (non-hydrogen) atoms. The molecule has 148 valence electrons. The summed E-state index contributed by atoms with van der Waals surface area (Å²) in [7, 11) is -3.27. The first kappa shape index (κ1) is 18.9. The second kappa shape index (κ2) is 6.87. The van der Waals surface area contributed by atoms with E-state index in [1.54, 1.807) is 6.92 Å². The number of carbonyl (C=O) groups excluding carboxylic acids is 1. The summed E-state index contributed by atoms with van der Waals surface area (Å²) in [5.74, 6) is 0.160. The minimum Gasteiger partial charge on any atom is -0.394 e. The van der Waals surface area contributed by atoms with Gasteiger partial charge < -0.3 is 10.0 Å². The van der Waals surface area contributed by atoms with Crippen LogP contribution >= 0.6 is 0 Å². The smallest absolute Gasteiger partial charge is 0.226 e. The highest BCUT2D eigenvalue weighted by atomic mass is 32.2. The van der Waals surface area contributed by atoms with Crippen molar-refractivity contribution in [2.75, 3.05) is 25.4 Å². The maximum absolute atomic E-state index is 13.3. The summed E-state index contributed by atoms with van der Waals surface area (Å²) in [6, 6.07) is 9.62. The molecule has 1 amide bonds. The molecule has 1 N–H and O–H groups in total. The number of benzene rings is 1. The molecule has 3 fully saturated rings. The quantitative estimate of drug-likeness (QED) is 0.825. The van der Waals surface area contributed by atoms with Gasteiger partial charge in [0.05, 0.1) is 23.9 Å². The molecular formula is C20H28N2O4S. The topological polar surface area (TPSA) is 77.9 Å². The van der Waals surface area contributed by atoms with Crippen molar-refractivity contribution in [3.8, 4) is 0 Å². The van der Waals surface area contributed by atoms with E-state index in [0.29, 0.717) is 13.1 Å². The molecule has 1 saturated carbocycles. The Morgan fingerprint density at radius 2 is 1.81 bits per heavy atom. The molecule has 4 rings (SSSR count). The zero-order valence-electron chi connectivity index (χ0n) is 15.8. The van der Waals surface area contributed by atoms with Crippen LogP contribution in [0, 0.1) is 5.92 Å². The van der Waals surface area contributed by atoms with E-state index in [0.717, 1.165) is 31.2 Å². The fourth-order valence-corrected chi connectivity index (χ4v) is 6.54. The molecule has 1 aliphatic carbocycles. The van der Waals surface area contributed by atoms with E-state index in [9.17, 15) is 18.3 Å². The third kappa shape index (κ3) is 2.82. The van der Waals surface area contributed by atoms with Gasteiger partial charge in [0.1, 0.15) is 0 Å². The van der Waals surface area contributed by atoms with Crippen molar-refractivity contribution < 1.29 is 18.3 Å². The van der Waals surface area contributed by atoms with E-state index in [1.807, 2.05) is 35.2 Å². The number of rotatable bonds is 5. The molecule has 7 heteroatoms. The van der Waals surface area contributed by atoms with Crippen LogP contribution in [0.15, 0.2) is 30.3 Å². The van der Waals surface area contributed by atoms with E-state index in [1.165, 1.54) is 4.31 Å². The second-order valence-corrected chi connectivity index (χ2v) is 10.4. The number of hydrogen-bond donors (Lipinski definition) is 1. The van der Waals surface area contributed by atoms with Crippen LogP contribution in [0.3, 0.4) is 0 Å². The molecule has 3 aliphatic rings. The predicted molar refractivity (Wildman–Crippen MR) is 103 cm³/mol. The van der Waals surface area contributed by atoms with Crippen molar-refractivity contribution in [2.45, 2.75) is 50.1 Å². The van der Waals surface area contributed by atoms with Gasteiger partial charge in [0.15, 0.2) is 0 Å². The Bertz CT molecular complexity index is 799.